The van der Waals surface area contributed by atoms with Crippen molar-refractivity contribution in [1.29, 1.82) is 0 Å². The standard InChI is InChI=1S/C18H19ClF2N4OS/c1-11(2)5-7-25-16(26)13-4-3-12(19)9-14(13)23-18(25)27-10-15-22-6-8-24(15)17(20)21/h3-4,6,8-9,11,17H,5,7,10H2,1-2H3. The summed E-state index contributed by atoms with van der Waals surface area (Å²) in [6, 6.07) is 4.96. The number of aromatic nitrogens is 4. The number of fused-ring (bicyclic) bond motifs is 1. The minimum absolute atomic E-state index is 0.156. The largest absolute Gasteiger partial charge is 0.319 e. The Morgan fingerprint density at radius 1 is 1.30 bits per heavy atom. The summed E-state index contributed by atoms with van der Waals surface area (Å²) in [7, 11) is 0. The zero-order chi connectivity index (χ0) is 19.6. The zero-order valence-corrected chi connectivity index (χ0v) is 16.5. The first-order valence-corrected chi connectivity index (χ1v) is 9.86. The van der Waals surface area contributed by atoms with Gasteiger partial charge in [0, 0.05) is 24.0 Å². The number of hydrogen-bond donors (Lipinski definition) is 0. The Bertz CT molecular complexity index is 1000. The van der Waals surface area contributed by atoms with E-state index in [9.17, 15) is 13.6 Å². The Labute approximate surface area is 164 Å². The fraction of sp³-hybridized carbons (Fsp3) is 0.389. The molecule has 2 aromatic heterocycles. The quantitative estimate of drug-likeness (QED) is 0.405. The molecule has 144 valence electrons. The highest BCUT2D eigenvalue weighted by molar-refractivity contribution is 7.98. The van der Waals surface area contributed by atoms with Crippen LogP contribution in [0.3, 0.4) is 0 Å². The Morgan fingerprint density at radius 3 is 2.78 bits per heavy atom. The number of alkyl halides is 2. The van der Waals surface area contributed by atoms with Crippen molar-refractivity contribution < 1.29 is 8.78 Å². The number of imidazole rings is 1. The van der Waals surface area contributed by atoms with Gasteiger partial charge in [0.1, 0.15) is 5.82 Å². The summed E-state index contributed by atoms with van der Waals surface area (Å²) in [5.74, 6) is 0.816. The topological polar surface area (TPSA) is 52.7 Å². The monoisotopic (exact) mass is 412 g/mol. The molecule has 0 fully saturated rings. The Morgan fingerprint density at radius 2 is 2.07 bits per heavy atom. The van der Waals surface area contributed by atoms with Gasteiger partial charge in [-0.05, 0) is 30.5 Å². The molecule has 5 nitrogen and oxygen atoms in total. The van der Waals surface area contributed by atoms with E-state index >= 15 is 0 Å². The molecule has 3 aromatic rings. The molecule has 0 aliphatic carbocycles. The molecule has 0 atom stereocenters. The highest BCUT2D eigenvalue weighted by atomic mass is 35.5. The minimum Gasteiger partial charge on any atom is -0.287 e. The maximum absolute atomic E-state index is 13.0. The normalized spacial score (nSPS) is 11.8. The highest BCUT2D eigenvalue weighted by Gasteiger charge is 2.16. The molecule has 0 bridgehead atoms. The molecule has 0 aliphatic heterocycles. The van der Waals surface area contributed by atoms with Crippen molar-refractivity contribution in [3.05, 3.63) is 51.8 Å². The van der Waals surface area contributed by atoms with E-state index in [1.54, 1.807) is 22.8 Å². The van der Waals surface area contributed by atoms with Crippen LogP contribution >= 0.6 is 23.4 Å². The van der Waals surface area contributed by atoms with Gasteiger partial charge in [0.25, 0.3) is 5.56 Å². The maximum Gasteiger partial charge on any atom is 0.319 e. The third-order valence-corrected chi connectivity index (χ3v) is 5.31. The van der Waals surface area contributed by atoms with Crippen LogP contribution in [0.2, 0.25) is 5.02 Å². The fourth-order valence-electron chi connectivity index (χ4n) is 2.63. The third-order valence-electron chi connectivity index (χ3n) is 4.10. The lowest BCUT2D eigenvalue weighted by Crippen LogP contribution is -2.24. The van der Waals surface area contributed by atoms with Crippen LogP contribution in [-0.4, -0.2) is 19.1 Å². The van der Waals surface area contributed by atoms with Gasteiger partial charge in [-0.2, -0.15) is 8.78 Å². The van der Waals surface area contributed by atoms with Crippen LogP contribution in [-0.2, 0) is 12.3 Å². The van der Waals surface area contributed by atoms with Crippen LogP contribution in [0.15, 0.2) is 40.5 Å². The first-order chi connectivity index (χ1) is 12.9. The summed E-state index contributed by atoms with van der Waals surface area (Å²) >= 11 is 7.24. The van der Waals surface area contributed by atoms with Crippen molar-refractivity contribution in [3.63, 3.8) is 0 Å². The van der Waals surface area contributed by atoms with Crippen LogP contribution < -0.4 is 5.56 Å². The molecule has 2 heterocycles. The zero-order valence-electron chi connectivity index (χ0n) is 14.9. The predicted octanol–water partition coefficient (Wildman–Crippen LogP) is 4.98. The molecule has 0 spiro atoms. The van der Waals surface area contributed by atoms with Gasteiger partial charge in [0.2, 0.25) is 0 Å². The van der Waals surface area contributed by atoms with Gasteiger partial charge in [0.15, 0.2) is 5.16 Å². The summed E-state index contributed by atoms with van der Waals surface area (Å²) < 4.78 is 28.5. The molecule has 0 aliphatic rings. The Hall–Kier alpha value is -1.93. The van der Waals surface area contributed by atoms with Gasteiger partial charge < -0.3 is 0 Å². The van der Waals surface area contributed by atoms with Crippen molar-refractivity contribution in [2.24, 2.45) is 5.92 Å². The number of rotatable bonds is 7. The second-order valence-corrected chi connectivity index (χ2v) is 7.89. The summed E-state index contributed by atoms with van der Waals surface area (Å²) in [5.41, 5.74) is 0.338. The van der Waals surface area contributed by atoms with E-state index in [0.29, 0.717) is 33.5 Å². The molecule has 27 heavy (non-hydrogen) atoms. The molecular formula is C18H19ClF2N4OS. The third kappa shape index (κ3) is 4.50. The average molecular weight is 413 g/mol. The predicted molar refractivity (Wildman–Crippen MR) is 104 cm³/mol. The molecule has 3 rings (SSSR count). The summed E-state index contributed by atoms with van der Waals surface area (Å²) in [4.78, 5) is 21.5. The number of benzene rings is 1. The number of halogens is 3. The maximum atomic E-state index is 13.0. The molecular weight excluding hydrogens is 394 g/mol. The van der Waals surface area contributed by atoms with E-state index < -0.39 is 6.55 Å². The van der Waals surface area contributed by atoms with Crippen LogP contribution in [0.25, 0.3) is 10.9 Å². The number of thioether (sulfide) groups is 1. The van der Waals surface area contributed by atoms with Gasteiger partial charge in [0.05, 0.1) is 16.7 Å². The molecule has 0 unspecified atom stereocenters. The van der Waals surface area contributed by atoms with E-state index in [4.69, 9.17) is 11.6 Å². The van der Waals surface area contributed by atoms with Crippen LogP contribution in [0.1, 0.15) is 32.6 Å². The van der Waals surface area contributed by atoms with Gasteiger partial charge in [-0.15, -0.1) is 0 Å². The lowest BCUT2D eigenvalue weighted by atomic mass is 10.1. The molecule has 0 amide bonds. The fourth-order valence-corrected chi connectivity index (χ4v) is 3.77. The highest BCUT2D eigenvalue weighted by Crippen LogP contribution is 2.25. The van der Waals surface area contributed by atoms with Crippen LogP contribution in [0.4, 0.5) is 8.78 Å². The van der Waals surface area contributed by atoms with Crippen molar-refractivity contribution in [2.45, 2.75) is 44.3 Å². The van der Waals surface area contributed by atoms with E-state index in [2.05, 4.69) is 23.8 Å². The molecule has 0 saturated carbocycles. The van der Waals surface area contributed by atoms with E-state index in [1.165, 1.54) is 24.2 Å². The average Bonchev–Trinajstić information content (AvgIpc) is 3.07. The van der Waals surface area contributed by atoms with E-state index in [-0.39, 0.29) is 17.1 Å². The van der Waals surface area contributed by atoms with Crippen LogP contribution in [0, 0.1) is 5.92 Å². The van der Waals surface area contributed by atoms with Gasteiger partial charge in [-0.1, -0.05) is 37.2 Å². The van der Waals surface area contributed by atoms with Crippen LogP contribution in [0.5, 0.6) is 0 Å². The number of hydrogen-bond acceptors (Lipinski definition) is 4. The molecule has 0 radical (unpaired) electrons. The van der Waals surface area contributed by atoms with Gasteiger partial charge in [-0.25, -0.2) is 9.97 Å². The first kappa shape index (κ1) is 19.8. The molecule has 1 aromatic carbocycles. The van der Waals surface area contributed by atoms with E-state index in [1.807, 2.05) is 0 Å². The molecule has 0 N–H and O–H groups in total. The Kier molecular flexibility index (Phi) is 6.16. The van der Waals surface area contributed by atoms with Crippen molar-refractivity contribution in [3.8, 4) is 0 Å². The van der Waals surface area contributed by atoms with Gasteiger partial charge >= 0.3 is 6.55 Å². The second-order valence-electron chi connectivity index (χ2n) is 6.51. The summed E-state index contributed by atoms with van der Waals surface area (Å²) in [6.45, 7) is 2.00. The first-order valence-electron chi connectivity index (χ1n) is 8.49. The molecule has 9 heteroatoms. The minimum atomic E-state index is -2.66. The van der Waals surface area contributed by atoms with Crippen molar-refractivity contribution >= 4 is 34.3 Å². The lowest BCUT2D eigenvalue weighted by molar-refractivity contribution is 0.0678. The second kappa shape index (κ2) is 8.39. The Balaban J connectivity index is 1.99. The lowest BCUT2D eigenvalue weighted by Gasteiger charge is -2.14. The van der Waals surface area contributed by atoms with Crippen molar-refractivity contribution in [1.82, 2.24) is 19.1 Å². The smallest absolute Gasteiger partial charge is 0.287 e. The summed E-state index contributed by atoms with van der Waals surface area (Å²) in [5, 5.41) is 1.44. The van der Waals surface area contributed by atoms with Crippen molar-refractivity contribution in [2.75, 3.05) is 0 Å². The van der Waals surface area contributed by atoms with E-state index in [0.717, 1.165) is 11.0 Å². The van der Waals surface area contributed by atoms with Gasteiger partial charge in [-0.3, -0.25) is 13.9 Å². The SMILES string of the molecule is CC(C)CCn1c(SCc2nccn2C(F)F)nc2cc(Cl)ccc2c1=O. The summed E-state index contributed by atoms with van der Waals surface area (Å²) in [6.07, 6.45) is 3.38. The molecule has 0 saturated heterocycles. The number of nitrogens with zero attached hydrogens (tertiary/aromatic N) is 4.